The van der Waals surface area contributed by atoms with Gasteiger partial charge >= 0.3 is 11.8 Å². The normalized spacial score (nSPS) is 11.8. The number of hydrogen-bond acceptors (Lipinski definition) is 2. The van der Waals surface area contributed by atoms with Gasteiger partial charge in [-0.15, -0.1) is 0 Å². The number of carbonyl (C=O) groups is 2. The summed E-state index contributed by atoms with van der Waals surface area (Å²) < 4.78 is -0.0600. The predicted octanol–water partition coefficient (Wildman–Crippen LogP) is 9.52. The fourth-order valence-corrected chi connectivity index (χ4v) is 4.58. The van der Waals surface area contributed by atoms with Crippen LogP contribution in [0, 0.1) is 0 Å². The molecule has 0 fully saturated rings. The van der Waals surface area contributed by atoms with Gasteiger partial charge < -0.3 is 0 Å². The SMILES string of the molecule is CCCCCCCCCCCCCC(=O)[N+](C)(C)C(=O)CCCCCCCCCCCCC. The van der Waals surface area contributed by atoms with Crippen molar-refractivity contribution >= 4 is 11.8 Å². The Labute approximate surface area is 208 Å². The van der Waals surface area contributed by atoms with Crippen LogP contribution in [0.2, 0.25) is 0 Å². The van der Waals surface area contributed by atoms with Gasteiger partial charge in [0.1, 0.15) is 0 Å². The van der Waals surface area contributed by atoms with Crippen LogP contribution in [-0.4, -0.2) is 30.4 Å². The monoisotopic (exact) mass is 466 g/mol. The highest BCUT2D eigenvalue weighted by Gasteiger charge is 2.33. The van der Waals surface area contributed by atoms with Gasteiger partial charge in [0, 0.05) is 0 Å². The lowest BCUT2D eigenvalue weighted by molar-refractivity contribution is -0.736. The first-order chi connectivity index (χ1) is 16.0. The minimum absolute atomic E-state index is 0.0600. The molecule has 0 heterocycles. The molecule has 0 radical (unpaired) electrons. The van der Waals surface area contributed by atoms with Crippen LogP contribution >= 0.6 is 0 Å². The molecule has 0 spiro atoms. The molecule has 3 heteroatoms. The zero-order valence-electron chi connectivity index (χ0n) is 23.2. The molecule has 0 aliphatic rings. The van der Waals surface area contributed by atoms with Crippen molar-refractivity contribution in [2.75, 3.05) is 14.1 Å². The van der Waals surface area contributed by atoms with Crippen LogP contribution in [0.5, 0.6) is 0 Å². The highest BCUT2D eigenvalue weighted by atomic mass is 16.2. The van der Waals surface area contributed by atoms with Crippen LogP contribution in [0.15, 0.2) is 0 Å². The number of rotatable bonds is 24. The first-order valence-corrected chi connectivity index (χ1v) is 14.9. The minimum Gasteiger partial charge on any atom is -0.230 e. The number of amides is 2. The highest BCUT2D eigenvalue weighted by Crippen LogP contribution is 2.16. The summed E-state index contributed by atoms with van der Waals surface area (Å²) in [4.78, 5) is 25.2. The Morgan fingerprint density at radius 3 is 0.848 bits per heavy atom. The molecule has 0 aliphatic carbocycles. The maximum absolute atomic E-state index is 12.6. The van der Waals surface area contributed by atoms with E-state index in [9.17, 15) is 9.59 Å². The molecule has 0 saturated heterocycles. The van der Waals surface area contributed by atoms with Crippen LogP contribution in [0.4, 0.5) is 0 Å². The highest BCUT2D eigenvalue weighted by molar-refractivity contribution is 5.84. The predicted molar refractivity (Wildman–Crippen MR) is 144 cm³/mol. The van der Waals surface area contributed by atoms with E-state index in [4.69, 9.17) is 0 Å². The van der Waals surface area contributed by atoms with Gasteiger partial charge in [0.25, 0.3) is 0 Å². The third-order valence-electron chi connectivity index (χ3n) is 7.24. The lowest BCUT2D eigenvalue weighted by atomic mass is 10.0. The van der Waals surface area contributed by atoms with Gasteiger partial charge in [-0.05, 0) is 12.8 Å². The second kappa shape index (κ2) is 23.1. The Kier molecular flexibility index (Phi) is 22.6. The first kappa shape index (κ1) is 32.3. The van der Waals surface area contributed by atoms with Crippen LogP contribution in [0.25, 0.3) is 0 Å². The quantitative estimate of drug-likeness (QED) is 0.105. The van der Waals surface area contributed by atoms with Crippen LogP contribution in [0.1, 0.15) is 168 Å². The number of unbranched alkanes of at least 4 members (excludes halogenated alkanes) is 20. The molecule has 0 aromatic rings. The van der Waals surface area contributed by atoms with Crippen molar-refractivity contribution in [2.45, 2.75) is 168 Å². The molecule has 0 rings (SSSR count). The summed E-state index contributed by atoms with van der Waals surface area (Å²) in [6, 6.07) is 0. The van der Waals surface area contributed by atoms with Gasteiger partial charge in [0.05, 0.1) is 26.9 Å². The van der Waals surface area contributed by atoms with Crippen molar-refractivity contribution in [2.24, 2.45) is 0 Å². The van der Waals surface area contributed by atoms with E-state index in [2.05, 4.69) is 13.8 Å². The Balaban J connectivity index is 3.65. The topological polar surface area (TPSA) is 34.1 Å². The van der Waals surface area contributed by atoms with Gasteiger partial charge in [-0.2, -0.15) is 0 Å². The van der Waals surface area contributed by atoms with Crippen molar-refractivity contribution in [1.29, 1.82) is 0 Å². The fraction of sp³-hybridized carbons (Fsp3) is 0.933. The maximum atomic E-state index is 12.6. The van der Waals surface area contributed by atoms with Crippen molar-refractivity contribution in [3.05, 3.63) is 0 Å². The van der Waals surface area contributed by atoms with E-state index in [1.165, 1.54) is 116 Å². The molecule has 0 bridgehead atoms. The summed E-state index contributed by atoms with van der Waals surface area (Å²) in [5.41, 5.74) is 0. The van der Waals surface area contributed by atoms with Crippen LogP contribution < -0.4 is 0 Å². The molecule has 0 aliphatic heterocycles. The largest absolute Gasteiger partial charge is 0.320 e. The molecular formula is C30H60NO2+. The van der Waals surface area contributed by atoms with E-state index in [0.717, 1.165) is 25.7 Å². The molecule has 0 unspecified atom stereocenters. The molecular weight excluding hydrogens is 406 g/mol. The summed E-state index contributed by atoms with van der Waals surface area (Å²) >= 11 is 0. The minimum atomic E-state index is -0.0600. The Morgan fingerprint density at radius 2 is 0.606 bits per heavy atom. The van der Waals surface area contributed by atoms with Crippen molar-refractivity contribution in [3.63, 3.8) is 0 Å². The lowest BCUT2D eigenvalue weighted by Gasteiger charge is -2.24. The Morgan fingerprint density at radius 1 is 0.394 bits per heavy atom. The first-order valence-electron chi connectivity index (χ1n) is 14.9. The molecule has 33 heavy (non-hydrogen) atoms. The Hall–Kier alpha value is -0.700. The summed E-state index contributed by atoms with van der Waals surface area (Å²) in [6.07, 6.45) is 29.3. The average molecular weight is 467 g/mol. The standard InChI is InChI=1S/C30H60NO2/c1-5-7-9-11-13-15-17-19-21-23-25-27-29(32)31(3,4)30(33)28-26-24-22-20-18-16-14-12-10-8-6-2/h5-28H2,1-4H3/q+1. The third-order valence-corrected chi connectivity index (χ3v) is 7.24. The van der Waals surface area contributed by atoms with E-state index in [1.54, 1.807) is 14.1 Å². The second-order valence-electron chi connectivity index (χ2n) is 10.8. The van der Waals surface area contributed by atoms with Gasteiger partial charge in [-0.25, -0.2) is 14.1 Å². The zero-order valence-corrected chi connectivity index (χ0v) is 23.2. The molecule has 0 saturated carbocycles. The van der Waals surface area contributed by atoms with Gasteiger partial charge in [-0.1, -0.05) is 142 Å². The second-order valence-corrected chi connectivity index (χ2v) is 10.8. The molecule has 196 valence electrons. The van der Waals surface area contributed by atoms with Crippen molar-refractivity contribution in [3.8, 4) is 0 Å². The lowest BCUT2D eigenvalue weighted by Crippen LogP contribution is -2.50. The van der Waals surface area contributed by atoms with E-state index >= 15 is 0 Å². The van der Waals surface area contributed by atoms with Gasteiger partial charge in [-0.3, -0.25) is 0 Å². The summed E-state index contributed by atoms with van der Waals surface area (Å²) in [6.45, 7) is 4.53. The van der Waals surface area contributed by atoms with Gasteiger partial charge in [0.2, 0.25) is 0 Å². The Bertz CT molecular complexity index is 418. The van der Waals surface area contributed by atoms with E-state index in [0.29, 0.717) is 12.8 Å². The van der Waals surface area contributed by atoms with E-state index in [1.807, 2.05) is 0 Å². The maximum Gasteiger partial charge on any atom is 0.320 e. The molecule has 2 amide bonds. The van der Waals surface area contributed by atoms with Gasteiger partial charge in [0.15, 0.2) is 0 Å². The molecule has 0 aromatic carbocycles. The van der Waals surface area contributed by atoms with Crippen molar-refractivity contribution < 1.29 is 14.1 Å². The van der Waals surface area contributed by atoms with Crippen molar-refractivity contribution in [1.82, 2.24) is 0 Å². The number of quaternary nitrogens is 1. The number of nitrogens with zero attached hydrogens (tertiary/aromatic N) is 1. The van der Waals surface area contributed by atoms with E-state index in [-0.39, 0.29) is 16.3 Å². The number of imide groups is 1. The molecule has 0 N–H and O–H groups in total. The number of carbonyl (C=O) groups excluding carboxylic acids is 2. The fourth-order valence-electron chi connectivity index (χ4n) is 4.58. The summed E-state index contributed by atoms with van der Waals surface area (Å²) in [7, 11) is 3.59. The smallest absolute Gasteiger partial charge is 0.230 e. The molecule has 0 aromatic heterocycles. The third kappa shape index (κ3) is 19.3. The summed E-state index contributed by atoms with van der Waals surface area (Å²) in [5, 5.41) is 0. The average Bonchev–Trinajstić information content (AvgIpc) is 2.80. The van der Waals surface area contributed by atoms with E-state index < -0.39 is 0 Å². The van der Waals surface area contributed by atoms with Crippen LogP contribution in [0.3, 0.4) is 0 Å². The molecule has 0 atom stereocenters. The van der Waals surface area contributed by atoms with Crippen LogP contribution in [-0.2, 0) is 9.59 Å². The number of hydrogen-bond donors (Lipinski definition) is 0. The zero-order chi connectivity index (χ0) is 24.6. The molecule has 3 nitrogen and oxygen atoms in total. The summed E-state index contributed by atoms with van der Waals surface area (Å²) in [5.74, 6) is 0.193.